The van der Waals surface area contributed by atoms with Crippen LogP contribution >= 0.6 is 11.6 Å². The molecule has 0 amide bonds. The molecule has 1 nitrogen and oxygen atoms in total. The molecule has 13 heavy (non-hydrogen) atoms. The molecule has 0 spiro atoms. The summed E-state index contributed by atoms with van der Waals surface area (Å²) in [4.78, 5) is 0. The summed E-state index contributed by atoms with van der Waals surface area (Å²) in [5, 5.41) is 10.4. The number of fused-ring (bicyclic) bond motifs is 1. The van der Waals surface area contributed by atoms with Crippen LogP contribution < -0.4 is 0 Å². The zero-order chi connectivity index (χ0) is 9.42. The summed E-state index contributed by atoms with van der Waals surface area (Å²) >= 11 is 5.53. The average molecular weight is 197 g/mol. The van der Waals surface area contributed by atoms with E-state index in [1.807, 2.05) is 0 Å². The molecular weight excluding hydrogens is 191 g/mol. The predicted octanol–water partition coefficient (Wildman–Crippen LogP) is 3.34. The number of phenols is 1. The Bertz CT molecular complexity index is 468. The van der Waals surface area contributed by atoms with Gasteiger partial charge in [-0.25, -0.2) is 4.39 Å². The first-order chi connectivity index (χ1) is 6.20. The molecule has 0 saturated carbocycles. The normalized spacial score (nSPS) is 10.6. The molecule has 1 N–H and O–H groups in total. The largest absolute Gasteiger partial charge is 0.506 e. The van der Waals surface area contributed by atoms with E-state index in [-0.39, 0.29) is 10.8 Å². The highest BCUT2D eigenvalue weighted by Gasteiger charge is 2.09. The first-order valence-electron chi connectivity index (χ1n) is 3.76. The van der Waals surface area contributed by atoms with Crippen LogP contribution in [0.3, 0.4) is 0 Å². The third kappa shape index (κ3) is 1.23. The average Bonchev–Trinajstić information content (AvgIpc) is 2.15. The van der Waals surface area contributed by atoms with Crippen molar-refractivity contribution in [1.82, 2.24) is 0 Å². The summed E-state index contributed by atoms with van der Waals surface area (Å²) in [7, 11) is 0. The van der Waals surface area contributed by atoms with E-state index in [0.717, 1.165) is 0 Å². The Morgan fingerprint density at radius 2 is 1.92 bits per heavy atom. The molecule has 0 heterocycles. The Morgan fingerprint density at radius 3 is 2.69 bits per heavy atom. The molecule has 0 unspecified atom stereocenters. The summed E-state index contributed by atoms with van der Waals surface area (Å²) in [5.41, 5.74) is 0. The van der Waals surface area contributed by atoms with Crippen LogP contribution in [0.25, 0.3) is 10.8 Å². The molecule has 2 aromatic carbocycles. The van der Waals surface area contributed by atoms with E-state index < -0.39 is 5.82 Å². The standard InChI is InChI=1S/C10H6ClFO/c11-9-8(12)5-6-3-1-2-4-7(6)10(9)13/h1-5,13H. The van der Waals surface area contributed by atoms with Crippen molar-refractivity contribution in [3.05, 3.63) is 41.2 Å². The van der Waals surface area contributed by atoms with Crippen molar-refractivity contribution >= 4 is 22.4 Å². The van der Waals surface area contributed by atoms with Crippen LogP contribution in [0.4, 0.5) is 4.39 Å². The van der Waals surface area contributed by atoms with E-state index in [4.69, 9.17) is 11.6 Å². The summed E-state index contributed by atoms with van der Waals surface area (Å²) in [6.07, 6.45) is 0. The second-order valence-electron chi connectivity index (χ2n) is 2.74. The van der Waals surface area contributed by atoms with Crippen molar-refractivity contribution in [2.45, 2.75) is 0 Å². The van der Waals surface area contributed by atoms with Crippen LogP contribution in [0.2, 0.25) is 5.02 Å². The van der Waals surface area contributed by atoms with Gasteiger partial charge in [0.1, 0.15) is 16.6 Å². The van der Waals surface area contributed by atoms with Crippen molar-refractivity contribution < 1.29 is 9.50 Å². The lowest BCUT2D eigenvalue weighted by molar-refractivity contribution is 0.476. The Labute approximate surface area is 79.4 Å². The van der Waals surface area contributed by atoms with Crippen molar-refractivity contribution in [2.75, 3.05) is 0 Å². The number of phenolic OH excluding ortho intramolecular Hbond substituents is 1. The molecule has 2 rings (SSSR count). The lowest BCUT2D eigenvalue weighted by Gasteiger charge is -2.03. The van der Waals surface area contributed by atoms with Crippen LogP contribution in [-0.4, -0.2) is 5.11 Å². The topological polar surface area (TPSA) is 20.2 Å². The monoisotopic (exact) mass is 196 g/mol. The highest BCUT2D eigenvalue weighted by molar-refractivity contribution is 6.33. The number of hydrogen-bond donors (Lipinski definition) is 1. The quantitative estimate of drug-likeness (QED) is 0.685. The van der Waals surface area contributed by atoms with Gasteiger partial charge in [-0.05, 0) is 11.5 Å². The minimum atomic E-state index is -0.599. The molecular formula is C10H6ClFO. The molecule has 0 bridgehead atoms. The smallest absolute Gasteiger partial charge is 0.146 e. The Kier molecular flexibility index (Phi) is 1.85. The van der Waals surface area contributed by atoms with Gasteiger partial charge in [-0.1, -0.05) is 35.9 Å². The van der Waals surface area contributed by atoms with Gasteiger partial charge < -0.3 is 5.11 Å². The maximum atomic E-state index is 13.0. The van der Waals surface area contributed by atoms with Crippen molar-refractivity contribution in [2.24, 2.45) is 0 Å². The summed E-state index contributed by atoms with van der Waals surface area (Å²) in [6, 6.07) is 8.24. The molecule has 0 radical (unpaired) electrons. The maximum absolute atomic E-state index is 13.0. The second kappa shape index (κ2) is 2.89. The van der Waals surface area contributed by atoms with Crippen LogP contribution in [0.1, 0.15) is 0 Å². The molecule has 66 valence electrons. The summed E-state index contributed by atoms with van der Waals surface area (Å²) in [6.45, 7) is 0. The van der Waals surface area contributed by atoms with Crippen LogP contribution in [-0.2, 0) is 0 Å². The van der Waals surface area contributed by atoms with E-state index in [0.29, 0.717) is 10.8 Å². The van der Waals surface area contributed by atoms with Gasteiger partial charge in [0, 0.05) is 5.39 Å². The lowest BCUT2D eigenvalue weighted by atomic mass is 10.1. The highest BCUT2D eigenvalue weighted by Crippen LogP contribution is 2.34. The minimum Gasteiger partial charge on any atom is -0.506 e. The molecule has 0 aliphatic carbocycles. The third-order valence-corrected chi connectivity index (χ3v) is 2.28. The molecule has 0 aliphatic heterocycles. The van der Waals surface area contributed by atoms with Crippen LogP contribution in [0, 0.1) is 5.82 Å². The zero-order valence-corrected chi connectivity index (χ0v) is 7.35. The van der Waals surface area contributed by atoms with Gasteiger partial charge in [0.05, 0.1) is 0 Å². The van der Waals surface area contributed by atoms with E-state index >= 15 is 0 Å². The van der Waals surface area contributed by atoms with E-state index in [9.17, 15) is 9.50 Å². The predicted molar refractivity (Wildman–Crippen MR) is 50.6 cm³/mol. The number of hydrogen-bond acceptors (Lipinski definition) is 1. The maximum Gasteiger partial charge on any atom is 0.146 e. The van der Waals surface area contributed by atoms with Gasteiger partial charge in [0.15, 0.2) is 0 Å². The SMILES string of the molecule is Oc1c(Cl)c(F)cc2ccccc12. The highest BCUT2D eigenvalue weighted by atomic mass is 35.5. The second-order valence-corrected chi connectivity index (χ2v) is 3.12. The lowest BCUT2D eigenvalue weighted by Crippen LogP contribution is -1.80. The Morgan fingerprint density at radius 1 is 1.23 bits per heavy atom. The Balaban J connectivity index is 2.94. The van der Waals surface area contributed by atoms with Gasteiger partial charge >= 0.3 is 0 Å². The van der Waals surface area contributed by atoms with Gasteiger partial charge in [-0.3, -0.25) is 0 Å². The molecule has 0 aliphatic rings. The van der Waals surface area contributed by atoms with Crippen molar-refractivity contribution in [3.8, 4) is 5.75 Å². The van der Waals surface area contributed by atoms with Crippen molar-refractivity contribution in [1.29, 1.82) is 0 Å². The fraction of sp³-hybridized carbons (Fsp3) is 0. The van der Waals surface area contributed by atoms with Crippen molar-refractivity contribution in [3.63, 3.8) is 0 Å². The Hall–Kier alpha value is -1.28. The number of aromatic hydroxyl groups is 1. The van der Waals surface area contributed by atoms with Gasteiger partial charge in [-0.2, -0.15) is 0 Å². The van der Waals surface area contributed by atoms with E-state index in [2.05, 4.69) is 0 Å². The molecule has 0 fully saturated rings. The molecule has 2 aromatic rings. The minimum absolute atomic E-state index is 0.197. The molecule has 0 aromatic heterocycles. The van der Waals surface area contributed by atoms with Gasteiger partial charge in [0.25, 0.3) is 0 Å². The molecule has 0 atom stereocenters. The van der Waals surface area contributed by atoms with Gasteiger partial charge in [0.2, 0.25) is 0 Å². The van der Waals surface area contributed by atoms with E-state index in [1.54, 1.807) is 24.3 Å². The fourth-order valence-electron chi connectivity index (χ4n) is 1.27. The zero-order valence-electron chi connectivity index (χ0n) is 6.59. The number of halogens is 2. The molecule has 3 heteroatoms. The van der Waals surface area contributed by atoms with Crippen LogP contribution in [0.5, 0.6) is 5.75 Å². The summed E-state index contributed by atoms with van der Waals surface area (Å²) in [5.74, 6) is -0.796. The number of benzene rings is 2. The molecule has 0 saturated heterocycles. The first kappa shape index (κ1) is 8.32. The number of rotatable bonds is 0. The van der Waals surface area contributed by atoms with Crippen LogP contribution in [0.15, 0.2) is 30.3 Å². The summed E-state index contributed by atoms with van der Waals surface area (Å²) < 4.78 is 13.0. The van der Waals surface area contributed by atoms with E-state index in [1.165, 1.54) is 6.07 Å². The fourth-order valence-corrected chi connectivity index (χ4v) is 1.43. The van der Waals surface area contributed by atoms with Gasteiger partial charge in [-0.15, -0.1) is 0 Å². The third-order valence-electron chi connectivity index (χ3n) is 1.92. The first-order valence-corrected chi connectivity index (χ1v) is 4.13.